The zero-order chi connectivity index (χ0) is 22.4. The second kappa shape index (κ2) is 9.84. The van der Waals surface area contributed by atoms with Crippen LogP contribution >= 0.6 is 0 Å². The molecule has 0 radical (unpaired) electrons. The molecule has 1 fully saturated rings. The van der Waals surface area contributed by atoms with E-state index >= 15 is 0 Å². The number of anilines is 1. The zero-order valence-electron chi connectivity index (χ0n) is 17.4. The minimum absolute atomic E-state index is 0.224. The minimum Gasteiger partial charge on any atom is -0.484 e. The molecule has 0 aromatic heterocycles. The van der Waals surface area contributed by atoms with Crippen LogP contribution in [0, 0.1) is 0 Å². The number of nitrogens with one attached hydrogen (secondary N) is 1. The van der Waals surface area contributed by atoms with E-state index in [2.05, 4.69) is 5.32 Å². The van der Waals surface area contributed by atoms with Gasteiger partial charge in [-0.05, 0) is 61.4 Å². The van der Waals surface area contributed by atoms with Crippen LogP contribution in [-0.4, -0.2) is 38.3 Å². The molecular formula is C24H24N2O5S. The Hall–Kier alpha value is -3.36. The average molecular weight is 453 g/mol. The molecule has 166 valence electrons. The van der Waals surface area contributed by atoms with Crippen molar-refractivity contribution in [1.82, 2.24) is 4.31 Å². The van der Waals surface area contributed by atoms with Gasteiger partial charge in [0.25, 0.3) is 5.91 Å². The first kappa shape index (κ1) is 21.9. The van der Waals surface area contributed by atoms with Crippen molar-refractivity contribution in [1.29, 1.82) is 0 Å². The third-order valence-electron chi connectivity index (χ3n) is 5.03. The van der Waals surface area contributed by atoms with Gasteiger partial charge in [0, 0.05) is 13.1 Å². The van der Waals surface area contributed by atoms with Crippen LogP contribution < -0.4 is 14.8 Å². The predicted molar refractivity (Wildman–Crippen MR) is 122 cm³/mol. The maximum atomic E-state index is 12.6. The fourth-order valence-electron chi connectivity index (χ4n) is 3.39. The van der Waals surface area contributed by atoms with Crippen molar-refractivity contribution < 1.29 is 22.7 Å². The largest absolute Gasteiger partial charge is 0.484 e. The molecule has 0 atom stereocenters. The van der Waals surface area contributed by atoms with Gasteiger partial charge in [-0.3, -0.25) is 4.79 Å². The molecule has 1 N–H and O–H groups in total. The summed E-state index contributed by atoms with van der Waals surface area (Å²) in [6.45, 7) is 0.879. The van der Waals surface area contributed by atoms with Crippen molar-refractivity contribution in [2.24, 2.45) is 0 Å². The van der Waals surface area contributed by atoms with Gasteiger partial charge in [0.15, 0.2) is 12.4 Å². The van der Waals surface area contributed by atoms with Gasteiger partial charge in [0.2, 0.25) is 10.0 Å². The van der Waals surface area contributed by atoms with Crippen LogP contribution in [0.4, 0.5) is 5.69 Å². The Morgan fingerprint density at radius 2 is 1.50 bits per heavy atom. The molecule has 1 aliphatic rings. The number of sulfonamides is 1. The van der Waals surface area contributed by atoms with E-state index in [4.69, 9.17) is 9.47 Å². The topological polar surface area (TPSA) is 84.9 Å². The third-order valence-corrected chi connectivity index (χ3v) is 6.94. The summed E-state index contributed by atoms with van der Waals surface area (Å²) in [6.07, 6.45) is 1.77. The molecule has 3 aromatic rings. The van der Waals surface area contributed by atoms with Gasteiger partial charge in [-0.15, -0.1) is 0 Å². The molecule has 1 aliphatic heterocycles. The number of nitrogens with zero attached hydrogens (tertiary/aromatic N) is 1. The second-order valence-electron chi connectivity index (χ2n) is 7.33. The molecule has 8 heteroatoms. The van der Waals surface area contributed by atoms with E-state index in [1.807, 2.05) is 36.4 Å². The third kappa shape index (κ3) is 5.27. The van der Waals surface area contributed by atoms with Crippen molar-refractivity contribution in [3.05, 3.63) is 78.9 Å². The van der Waals surface area contributed by atoms with Crippen molar-refractivity contribution in [2.45, 2.75) is 17.7 Å². The van der Waals surface area contributed by atoms with E-state index in [9.17, 15) is 13.2 Å². The number of ether oxygens (including phenoxy) is 2. The van der Waals surface area contributed by atoms with Crippen molar-refractivity contribution in [3.8, 4) is 17.2 Å². The van der Waals surface area contributed by atoms with E-state index in [-0.39, 0.29) is 17.4 Å². The molecule has 0 spiro atoms. The summed E-state index contributed by atoms with van der Waals surface area (Å²) in [6, 6.07) is 22.5. The molecule has 1 saturated heterocycles. The van der Waals surface area contributed by atoms with Gasteiger partial charge in [-0.2, -0.15) is 4.31 Å². The van der Waals surface area contributed by atoms with E-state index in [0.717, 1.165) is 12.8 Å². The molecule has 7 nitrogen and oxygen atoms in total. The molecule has 1 amide bonds. The summed E-state index contributed by atoms with van der Waals surface area (Å²) in [4.78, 5) is 12.6. The first-order valence-corrected chi connectivity index (χ1v) is 11.8. The SMILES string of the molecule is O=C(COc1ccc(S(=O)(=O)N2CCCC2)cc1)Nc1ccccc1Oc1ccccc1. The predicted octanol–water partition coefficient (Wildman–Crippen LogP) is 4.28. The number of hydrogen-bond donors (Lipinski definition) is 1. The molecule has 4 rings (SSSR count). The summed E-state index contributed by atoms with van der Waals surface area (Å²) < 4.78 is 38.0. The number of amides is 1. The quantitative estimate of drug-likeness (QED) is 0.551. The Morgan fingerprint density at radius 3 is 2.22 bits per heavy atom. The lowest BCUT2D eigenvalue weighted by Crippen LogP contribution is -2.27. The first-order valence-electron chi connectivity index (χ1n) is 10.4. The Bertz CT molecular complexity index is 1160. The van der Waals surface area contributed by atoms with Crippen LogP contribution in [0.5, 0.6) is 17.2 Å². The number of hydrogen-bond acceptors (Lipinski definition) is 5. The Kier molecular flexibility index (Phi) is 6.72. The summed E-state index contributed by atoms with van der Waals surface area (Å²) >= 11 is 0. The monoisotopic (exact) mass is 452 g/mol. The van der Waals surface area contributed by atoms with E-state index in [0.29, 0.717) is 36.0 Å². The highest BCUT2D eigenvalue weighted by molar-refractivity contribution is 7.89. The highest BCUT2D eigenvalue weighted by Crippen LogP contribution is 2.29. The van der Waals surface area contributed by atoms with Crippen LogP contribution in [0.2, 0.25) is 0 Å². The van der Waals surface area contributed by atoms with Gasteiger partial charge in [0.1, 0.15) is 11.5 Å². The molecule has 0 saturated carbocycles. The van der Waals surface area contributed by atoms with Crippen molar-refractivity contribution in [2.75, 3.05) is 25.0 Å². The Balaban J connectivity index is 1.35. The molecule has 0 aliphatic carbocycles. The maximum absolute atomic E-state index is 12.6. The number of para-hydroxylation sites is 3. The molecule has 32 heavy (non-hydrogen) atoms. The standard InChI is InChI=1S/C24H24N2O5S/c27-24(25-22-10-4-5-11-23(22)31-20-8-2-1-3-9-20)18-30-19-12-14-21(15-13-19)32(28,29)26-16-6-7-17-26/h1-5,8-15H,6-7,16-18H2,(H,25,27). The summed E-state index contributed by atoms with van der Waals surface area (Å²) in [5.41, 5.74) is 0.525. The van der Waals surface area contributed by atoms with Crippen LogP contribution in [0.25, 0.3) is 0 Å². The summed E-state index contributed by atoms with van der Waals surface area (Å²) in [5, 5.41) is 2.78. The van der Waals surface area contributed by atoms with Crippen molar-refractivity contribution in [3.63, 3.8) is 0 Å². The fourth-order valence-corrected chi connectivity index (χ4v) is 4.91. The number of benzene rings is 3. The van der Waals surface area contributed by atoms with E-state index < -0.39 is 10.0 Å². The average Bonchev–Trinajstić information content (AvgIpc) is 3.36. The lowest BCUT2D eigenvalue weighted by molar-refractivity contribution is -0.118. The smallest absolute Gasteiger partial charge is 0.262 e. The minimum atomic E-state index is -3.47. The van der Waals surface area contributed by atoms with Crippen molar-refractivity contribution >= 4 is 21.6 Å². The zero-order valence-corrected chi connectivity index (χ0v) is 18.3. The van der Waals surface area contributed by atoms with E-state index in [1.54, 1.807) is 30.3 Å². The molecular weight excluding hydrogens is 428 g/mol. The van der Waals surface area contributed by atoms with Gasteiger partial charge >= 0.3 is 0 Å². The highest BCUT2D eigenvalue weighted by Gasteiger charge is 2.27. The number of carbonyl (C=O) groups is 1. The van der Waals surface area contributed by atoms with Crippen LogP contribution in [0.1, 0.15) is 12.8 Å². The second-order valence-corrected chi connectivity index (χ2v) is 9.27. The molecule has 0 bridgehead atoms. The first-order chi connectivity index (χ1) is 15.5. The normalized spacial score (nSPS) is 14.1. The van der Waals surface area contributed by atoms with Gasteiger partial charge in [0.05, 0.1) is 10.6 Å². The lowest BCUT2D eigenvalue weighted by atomic mass is 10.3. The van der Waals surface area contributed by atoms with Crippen LogP contribution in [0.15, 0.2) is 83.8 Å². The summed E-state index contributed by atoms with van der Waals surface area (Å²) in [5.74, 6) is 1.23. The lowest BCUT2D eigenvalue weighted by Gasteiger charge is -2.15. The molecule has 1 heterocycles. The number of carbonyl (C=O) groups excluding carboxylic acids is 1. The van der Waals surface area contributed by atoms with Crippen LogP contribution in [0.3, 0.4) is 0 Å². The molecule has 0 unspecified atom stereocenters. The van der Waals surface area contributed by atoms with Crippen LogP contribution in [-0.2, 0) is 14.8 Å². The van der Waals surface area contributed by atoms with Gasteiger partial charge in [-0.25, -0.2) is 8.42 Å². The summed E-state index contributed by atoms with van der Waals surface area (Å²) in [7, 11) is -3.47. The maximum Gasteiger partial charge on any atom is 0.262 e. The Morgan fingerprint density at radius 1 is 0.844 bits per heavy atom. The Labute approximate surface area is 187 Å². The highest BCUT2D eigenvalue weighted by atomic mass is 32.2. The van der Waals surface area contributed by atoms with E-state index in [1.165, 1.54) is 16.4 Å². The van der Waals surface area contributed by atoms with Gasteiger partial charge < -0.3 is 14.8 Å². The molecule has 3 aromatic carbocycles. The fraction of sp³-hybridized carbons (Fsp3) is 0.208. The number of rotatable bonds is 8. The van der Waals surface area contributed by atoms with Gasteiger partial charge in [-0.1, -0.05) is 30.3 Å².